The first kappa shape index (κ1) is 11.8. The van der Waals surface area contributed by atoms with E-state index in [1.807, 2.05) is 19.2 Å². The van der Waals surface area contributed by atoms with E-state index in [9.17, 15) is 0 Å². The van der Waals surface area contributed by atoms with Gasteiger partial charge in [0, 0.05) is 29.8 Å². The van der Waals surface area contributed by atoms with Crippen LogP contribution in [0.15, 0.2) is 12.3 Å². The Labute approximate surface area is 105 Å². The molecule has 0 bridgehead atoms. The van der Waals surface area contributed by atoms with Crippen LogP contribution in [-0.4, -0.2) is 27.9 Å². The fourth-order valence-electron chi connectivity index (χ4n) is 2.33. The van der Waals surface area contributed by atoms with E-state index in [4.69, 9.17) is 0 Å². The van der Waals surface area contributed by atoms with Crippen molar-refractivity contribution in [1.82, 2.24) is 9.97 Å². The molecular weight excluding hydrogens is 266 g/mol. The lowest BCUT2D eigenvalue weighted by Crippen LogP contribution is -2.36. The number of rotatable bonds is 4. The summed E-state index contributed by atoms with van der Waals surface area (Å²) in [6, 6.07) is 2.59. The van der Waals surface area contributed by atoms with E-state index in [0.29, 0.717) is 6.04 Å². The quantitative estimate of drug-likeness (QED) is 0.796. The molecule has 1 aliphatic carbocycles. The third kappa shape index (κ3) is 2.73. The molecule has 1 fully saturated rings. The maximum absolute atomic E-state index is 4.53. The molecule has 0 aliphatic heterocycles. The molecule has 4 heteroatoms. The first-order chi connectivity index (χ1) is 7.81. The van der Waals surface area contributed by atoms with Gasteiger partial charge >= 0.3 is 0 Å². The Morgan fingerprint density at radius 2 is 2.19 bits per heavy atom. The normalized spacial score (nSPS) is 16.6. The predicted molar refractivity (Wildman–Crippen MR) is 70.2 cm³/mol. The van der Waals surface area contributed by atoms with Crippen molar-refractivity contribution in [3.63, 3.8) is 0 Å². The number of aromatic nitrogens is 2. The number of nitrogens with zero attached hydrogens (tertiary/aromatic N) is 3. The number of hydrogen-bond acceptors (Lipinski definition) is 3. The first-order valence-electron chi connectivity index (χ1n) is 5.93. The van der Waals surface area contributed by atoms with Gasteiger partial charge in [-0.1, -0.05) is 28.8 Å². The monoisotopic (exact) mass is 283 g/mol. The van der Waals surface area contributed by atoms with E-state index in [-0.39, 0.29) is 0 Å². The van der Waals surface area contributed by atoms with Gasteiger partial charge in [0.15, 0.2) is 0 Å². The van der Waals surface area contributed by atoms with Crippen molar-refractivity contribution in [2.75, 3.05) is 16.8 Å². The van der Waals surface area contributed by atoms with Gasteiger partial charge in [-0.05, 0) is 25.8 Å². The molecule has 0 spiro atoms. The standard InChI is InChI=1S/C12H18BrN3/c1-10-6-8-14-12(15-10)16(9-7-13)11-4-2-3-5-11/h6,8,11H,2-5,7,9H2,1H3. The zero-order valence-corrected chi connectivity index (χ0v) is 11.3. The zero-order valence-electron chi connectivity index (χ0n) is 9.69. The summed E-state index contributed by atoms with van der Waals surface area (Å²) in [6.07, 6.45) is 7.10. The van der Waals surface area contributed by atoms with E-state index in [0.717, 1.165) is 23.5 Å². The van der Waals surface area contributed by atoms with E-state index in [1.54, 1.807) is 0 Å². The topological polar surface area (TPSA) is 29.0 Å². The Morgan fingerprint density at radius 1 is 1.44 bits per heavy atom. The van der Waals surface area contributed by atoms with Gasteiger partial charge in [0.05, 0.1) is 0 Å². The maximum Gasteiger partial charge on any atom is 0.225 e. The van der Waals surface area contributed by atoms with E-state index in [1.165, 1.54) is 25.7 Å². The van der Waals surface area contributed by atoms with Crippen molar-refractivity contribution >= 4 is 21.9 Å². The first-order valence-corrected chi connectivity index (χ1v) is 7.05. The van der Waals surface area contributed by atoms with Gasteiger partial charge in [0.1, 0.15) is 0 Å². The van der Waals surface area contributed by atoms with Crippen LogP contribution in [0.5, 0.6) is 0 Å². The lowest BCUT2D eigenvalue weighted by molar-refractivity contribution is 0.607. The zero-order chi connectivity index (χ0) is 11.4. The van der Waals surface area contributed by atoms with Gasteiger partial charge in [0.25, 0.3) is 0 Å². The second kappa shape index (κ2) is 5.62. The summed E-state index contributed by atoms with van der Waals surface area (Å²) in [6.45, 7) is 3.01. The Hall–Kier alpha value is -0.640. The van der Waals surface area contributed by atoms with Crippen molar-refractivity contribution in [3.05, 3.63) is 18.0 Å². The van der Waals surface area contributed by atoms with Crippen LogP contribution in [0.3, 0.4) is 0 Å². The highest BCUT2D eigenvalue weighted by Crippen LogP contribution is 2.26. The number of anilines is 1. The summed E-state index contributed by atoms with van der Waals surface area (Å²) >= 11 is 3.52. The van der Waals surface area contributed by atoms with Gasteiger partial charge in [0.2, 0.25) is 5.95 Å². The third-order valence-corrected chi connectivity index (χ3v) is 3.48. The Kier molecular flexibility index (Phi) is 4.16. The molecule has 0 saturated heterocycles. The van der Waals surface area contributed by atoms with Crippen LogP contribution < -0.4 is 4.90 Å². The van der Waals surface area contributed by atoms with Crippen molar-refractivity contribution < 1.29 is 0 Å². The Morgan fingerprint density at radius 3 is 2.81 bits per heavy atom. The average molecular weight is 284 g/mol. The lowest BCUT2D eigenvalue weighted by atomic mass is 10.2. The molecule has 0 N–H and O–H groups in total. The van der Waals surface area contributed by atoms with Crippen LogP contribution in [-0.2, 0) is 0 Å². The number of halogens is 1. The molecule has 0 atom stereocenters. The van der Waals surface area contributed by atoms with Gasteiger partial charge in [-0.3, -0.25) is 0 Å². The van der Waals surface area contributed by atoms with Crippen molar-refractivity contribution in [3.8, 4) is 0 Å². The molecule has 88 valence electrons. The van der Waals surface area contributed by atoms with Crippen LogP contribution in [0, 0.1) is 6.92 Å². The fraction of sp³-hybridized carbons (Fsp3) is 0.667. The SMILES string of the molecule is Cc1ccnc(N(CCBr)C2CCCC2)n1. The van der Waals surface area contributed by atoms with Gasteiger partial charge in [-0.15, -0.1) is 0 Å². The van der Waals surface area contributed by atoms with Crippen LogP contribution in [0.2, 0.25) is 0 Å². The molecule has 0 unspecified atom stereocenters. The summed E-state index contributed by atoms with van der Waals surface area (Å²) in [5.41, 5.74) is 1.04. The molecule has 2 rings (SSSR count). The number of alkyl halides is 1. The summed E-state index contributed by atoms with van der Waals surface area (Å²) in [5.74, 6) is 0.895. The van der Waals surface area contributed by atoms with Crippen molar-refractivity contribution in [2.24, 2.45) is 0 Å². The molecular formula is C12H18BrN3. The fourth-order valence-corrected chi connectivity index (χ4v) is 2.71. The molecule has 16 heavy (non-hydrogen) atoms. The molecule has 3 nitrogen and oxygen atoms in total. The van der Waals surface area contributed by atoms with Crippen LogP contribution in [0.4, 0.5) is 5.95 Å². The van der Waals surface area contributed by atoms with Crippen molar-refractivity contribution in [1.29, 1.82) is 0 Å². The Balaban J connectivity index is 2.17. The molecule has 1 heterocycles. The van der Waals surface area contributed by atoms with Crippen LogP contribution >= 0.6 is 15.9 Å². The van der Waals surface area contributed by atoms with Gasteiger partial charge in [-0.25, -0.2) is 9.97 Å². The molecule has 1 aromatic rings. The molecule has 0 amide bonds. The molecule has 0 radical (unpaired) electrons. The second-order valence-electron chi connectivity index (χ2n) is 4.32. The highest BCUT2D eigenvalue weighted by Gasteiger charge is 2.23. The van der Waals surface area contributed by atoms with Crippen LogP contribution in [0.25, 0.3) is 0 Å². The van der Waals surface area contributed by atoms with Crippen LogP contribution in [0.1, 0.15) is 31.4 Å². The summed E-state index contributed by atoms with van der Waals surface area (Å²) in [5, 5.41) is 0.973. The molecule has 1 aliphatic rings. The van der Waals surface area contributed by atoms with E-state index < -0.39 is 0 Å². The largest absolute Gasteiger partial charge is 0.337 e. The van der Waals surface area contributed by atoms with Crippen molar-refractivity contribution in [2.45, 2.75) is 38.6 Å². The predicted octanol–water partition coefficient (Wildman–Crippen LogP) is 2.93. The van der Waals surface area contributed by atoms with E-state index in [2.05, 4.69) is 30.8 Å². The molecule has 0 aromatic carbocycles. The smallest absolute Gasteiger partial charge is 0.225 e. The average Bonchev–Trinajstić information content (AvgIpc) is 2.79. The van der Waals surface area contributed by atoms with Gasteiger partial charge < -0.3 is 4.90 Å². The minimum absolute atomic E-state index is 0.638. The second-order valence-corrected chi connectivity index (χ2v) is 5.11. The molecule has 1 saturated carbocycles. The van der Waals surface area contributed by atoms with Gasteiger partial charge in [-0.2, -0.15) is 0 Å². The summed E-state index contributed by atoms with van der Waals surface area (Å²) < 4.78 is 0. The minimum Gasteiger partial charge on any atom is -0.337 e. The highest BCUT2D eigenvalue weighted by molar-refractivity contribution is 9.09. The Bertz CT molecular complexity index is 337. The number of hydrogen-bond donors (Lipinski definition) is 0. The molecule has 1 aromatic heterocycles. The summed E-state index contributed by atoms with van der Waals surface area (Å²) in [4.78, 5) is 11.3. The minimum atomic E-state index is 0.638. The number of aryl methyl sites for hydroxylation is 1. The third-order valence-electron chi connectivity index (χ3n) is 3.13. The van der Waals surface area contributed by atoms with E-state index >= 15 is 0 Å². The highest BCUT2D eigenvalue weighted by atomic mass is 79.9. The summed E-state index contributed by atoms with van der Waals surface area (Å²) in [7, 11) is 0. The lowest BCUT2D eigenvalue weighted by Gasteiger charge is -2.28. The maximum atomic E-state index is 4.53.